The molecule has 0 unspecified atom stereocenters. The smallest absolute Gasteiger partial charge is 0.0414 e. The average molecular weight is 300 g/mol. The SMILES string of the molecule is CC1(C)c2ccccc2-c2ccc(-c3c(N)cccc3N)cc21. The van der Waals surface area contributed by atoms with Gasteiger partial charge in [-0.15, -0.1) is 0 Å². The van der Waals surface area contributed by atoms with Crippen molar-refractivity contribution in [3.63, 3.8) is 0 Å². The molecule has 23 heavy (non-hydrogen) atoms. The molecule has 0 aromatic heterocycles. The lowest BCUT2D eigenvalue weighted by molar-refractivity contribution is 0.660. The summed E-state index contributed by atoms with van der Waals surface area (Å²) in [6.45, 7) is 4.55. The lowest BCUT2D eigenvalue weighted by Gasteiger charge is -2.22. The summed E-state index contributed by atoms with van der Waals surface area (Å²) in [6.07, 6.45) is 0. The lowest BCUT2D eigenvalue weighted by Crippen LogP contribution is -2.15. The van der Waals surface area contributed by atoms with E-state index in [1.54, 1.807) is 0 Å². The maximum atomic E-state index is 6.17. The van der Waals surface area contributed by atoms with E-state index >= 15 is 0 Å². The van der Waals surface area contributed by atoms with Crippen molar-refractivity contribution in [2.45, 2.75) is 19.3 Å². The lowest BCUT2D eigenvalue weighted by atomic mass is 9.81. The molecule has 0 heterocycles. The number of hydrogen-bond acceptors (Lipinski definition) is 2. The Balaban J connectivity index is 1.97. The van der Waals surface area contributed by atoms with Gasteiger partial charge in [-0.1, -0.05) is 56.3 Å². The molecule has 0 atom stereocenters. The molecule has 0 radical (unpaired) electrons. The predicted molar refractivity (Wildman–Crippen MR) is 98.3 cm³/mol. The van der Waals surface area contributed by atoms with Crippen LogP contribution < -0.4 is 11.5 Å². The quantitative estimate of drug-likeness (QED) is 0.633. The van der Waals surface area contributed by atoms with Crippen LogP contribution in [0.1, 0.15) is 25.0 Å². The molecule has 0 amide bonds. The molecule has 0 aliphatic heterocycles. The number of anilines is 2. The number of hydrogen-bond donors (Lipinski definition) is 2. The van der Waals surface area contributed by atoms with Gasteiger partial charge in [0.2, 0.25) is 0 Å². The Morgan fingerprint density at radius 1 is 0.696 bits per heavy atom. The highest BCUT2D eigenvalue weighted by molar-refractivity contribution is 5.90. The average Bonchev–Trinajstić information content (AvgIpc) is 2.76. The van der Waals surface area contributed by atoms with Crippen molar-refractivity contribution < 1.29 is 0 Å². The fourth-order valence-electron chi connectivity index (χ4n) is 3.78. The summed E-state index contributed by atoms with van der Waals surface area (Å²) >= 11 is 0. The summed E-state index contributed by atoms with van der Waals surface area (Å²) in [7, 11) is 0. The highest BCUT2D eigenvalue weighted by atomic mass is 14.6. The van der Waals surface area contributed by atoms with Crippen molar-refractivity contribution >= 4 is 11.4 Å². The van der Waals surface area contributed by atoms with Crippen LogP contribution in [-0.2, 0) is 5.41 Å². The number of nitrogen functional groups attached to an aromatic ring is 2. The topological polar surface area (TPSA) is 52.0 Å². The molecular weight excluding hydrogens is 280 g/mol. The second-order valence-electron chi connectivity index (χ2n) is 6.74. The summed E-state index contributed by atoms with van der Waals surface area (Å²) < 4.78 is 0. The van der Waals surface area contributed by atoms with Gasteiger partial charge in [-0.3, -0.25) is 0 Å². The Morgan fingerprint density at radius 2 is 1.35 bits per heavy atom. The van der Waals surface area contributed by atoms with Crippen LogP contribution in [0.2, 0.25) is 0 Å². The molecule has 3 aromatic rings. The number of fused-ring (bicyclic) bond motifs is 3. The monoisotopic (exact) mass is 300 g/mol. The third-order valence-electron chi connectivity index (χ3n) is 5.00. The fourth-order valence-corrected chi connectivity index (χ4v) is 3.78. The molecule has 1 aliphatic rings. The molecule has 3 aromatic carbocycles. The maximum absolute atomic E-state index is 6.17. The molecule has 0 fully saturated rings. The Morgan fingerprint density at radius 3 is 2.09 bits per heavy atom. The third kappa shape index (κ3) is 1.88. The summed E-state index contributed by atoms with van der Waals surface area (Å²) in [4.78, 5) is 0. The predicted octanol–water partition coefficient (Wildman–Crippen LogP) is 4.82. The second-order valence-corrected chi connectivity index (χ2v) is 6.74. The zero-order valence-corrected chi connectivity index (χ0v) is 13.4. The van der Waals surface area contributed by atoms with Gasteiger partial charge in [0.05, 0.1) is 0 Å². The van der Waals surface area contributed by atoms with Gasteiger partial charge in [0, 0.05) is 22.4 Å². The maximum Gasteiger partial charge on any atom is 0.0414 e. The van der Waals surface area contributed by atoms with Gasteiger partial charge in [0.25, 0.3) is 0 Å². The molecule has 2 heteroatoms. The Labute approximate surface area is 136 Å². The molecule has 0 bridgehead atoms. The van der Waals surface area contributed by atoms with E-state index in [1.807, 2.05) is 18.2 Å². The Kier molecular flexibility index (Phi) is 2.79. The summed E-state index contributed by atoms with van der Waals surface area (Å²) in [6, 6.07) is 20.9. The van der Waals surface area contributed by atoms with Gasteiger partial charge in [-0.05, 0) is 46.0 Å². The highest BCUT2D eigenvalue weighted by Gasteiger charge is 2.35. The molecule has 114 valence electrons. The largest absolute Gasteiger partial charge is 0.398 e. The van der Waals surface area contributed by atoms with Gasteiger partial charge in [-0.25, -0.2) is 0 Å². The summed E-state index contributed by atoms with van der Waals surface area (Å²) in [5.74, 6) is 0. The van der Waals surface area contributed by atoms with Gasteiger partial charge in [-0.2, -0.15) is 0 Å². The standard InChI is InChI=1S/C21H20N2/c1-21(2)16-7-4-3-6-14(16)15-11-10-13(12-17(15)21)20-18(22)8-5-9-19(20)23/h3-12H,22-23H2,1-2H3. The minimum absolute atomic E-state index is 0.0136. The van der Waals surface area contributed by atoms with Crippen LogP contribution in [0.4, 0.5) is 11.4 Å². The number of rotatable bonds is 1. The van der Waals surface area contributed by atoms with E-state index in [4.69, 9.17) is 11.5 Å². The Bertz CT molecular complexity index is 903. The highest BCUT2D eigenvalue weighted by Crippen LogP contribution is 2.49. The molecule has 0 spiro atoms. The van der Waals surface area contributed by atoms with E-state index in [0.717, 1.165) is 22.5 Å². The van der Waals surface area contributed by atoms with Crippen molar-refractivity contribution in [3.05, 3.63) is 71.8 Å². The van der Waals surface area contributed by atoms with Gasteiger partial charge in [0.15, 0.2) is 0 Å². The molecule has 4 N–H and O–H groups in total. The first-order valence-corrected chi connectivity index (χ1v) is 7.89. The van der Waals surface area contributed by atoms with E-state index < -0.39 is 0 Å². The zero-order chi connectivity index (χ0) is 16.2. The first-order chi connectivity index (χ1) is 11.0. The van der Waals surface area contributed by atoms with E-state index in [-0.39, 0.29) is 5.41 Å². The van der Waals surface area contributed by atoms with Crippen LogP contribution in [0.15, 0.2) is 60.7 Å². The summed E-state index contributed by atoms with van der Waals surface area (Å²) in [5.41, 5.74) is 21.1. The van der Waals surface area contributed by atoms with E-state index in [9.17, 15) is 0 Å². The molecule has 4 rings (SSSR count). The van der Waals surface area contributed by atoms with Gasteiger partial charge >= 0.3 is 0 Å². The van der Waals surface area contributed by atoms with E-state index in [2.05, 4.69) is 56.3 Å². The first-order valence-electron chi connectivity index (χ1n) is 7.89. The van der Waals surface area contributed by atoms with Gasteiger partial charge < -0.3 is 11.5 Å². The van der Waals surface area contributed by atoms with Crippen molar-refractivity contribution in [3.8, 4) is 22.3 Å². The molecular formula is C21H20N2. The molecule has 2 nitrogen and oxygen atoms in total. The van der Waals surface area contributed by atoms with Crippen molar-refractivity contribution in [2.24, 2.45) is 0 Å². The Hall–Kier alpha value is -2.74. The van der Waals surface area contributed by atoms with Crippen molar-refractivity contribution in [2.75, 3.05) is 11.5 Å². The van der Waals surface area contributed by atoms with Crippen LogP contribution >= 0.6 is 0 Å². The first kappa shape index (κ1) is 13.9. The second kappa shape index (κ2) is 4.63. The van der Waals surface area contributed by atoms with Crippen LogP contribution in [0, 0.1) is 0 Å². The number of benzene rings is 3. The molecule has 1 aliphatic carbocycles. The minimum atomic E-state index is -0.0136. The van der Waals surface area contributed by atoms with E-state index in [1.165, 1.54) is 22.3 Å². The normalized spacial score (nSPS) is 14.3. The van der Waals surface area contributed by atoms with Gasteiger partial charge in [0.1, 0.15) is 0 Å². The molecule has 0 saturated heterocycles. The fraction of sp³-hybridized carbons (Fsp3) is 0.143. The number of nitrogens with two attached hydrogens (primary N) is 2. The van der Waals surface area contributed by atoms with Crippen LogP contribution in [0.25, 0.3) is 22.3 Å². The zero-order valence-electron chi connectivity index (χ0n) is 13.4. The van der Waals surface area contributed by atoms with Crippen molar-refractivity contribution in [1.29, 1.82) is 0 Å². The summed E-state index contributed by atoms with van der Waals surface area (Å²) in [5, 5.41) is 0. The minimum Gasteiger partial charge on any atom is -0.398 e. The molecule has 0 saturated carbocycles. The van der Waals surface area contributed by atoms with Crippen LogP contribution in [-0.4, -0.2) is 0 Å². The van der Waals surface area contributed by atoms with Crippen LogP contribution in [0.5, 0.6) is 0 Å². The van der Waals surface area contributed by atoms with E-state index in [0.29, 0.717) is 0 Å². The third-order valence-corrected chi connectivity index (χ3v) is 5.00. The van der Waals surface area contributed by atoms with Crippen molar-refractivity contribution in [1.82, 2.24) is 0 Å². The van der Waals surface area contributed by atoms with Crippen LogP contribution in [0.3, 0.4) is 0 Å².